The zero-order valence-corrected chi connectivity index (χ0v) is 12.5. The average Bonchev–Trinajstić information content (AvgIpc) is 2.91. The van der Waals surface area contributed by atoms with Gasteiger partial charge < -0.3 is 9.84 Å². The molecule has 0 bridgehead atoms. The molecule has 0 saturated carbocycles. The van der Waals surface area contributed by atoms with Gasteiger partial charge in [0.05, 0.1) is 0 Å². The maximum Gasteiger partial charge on any atom is 0.356 e. The van der Waals surface area contributed by atoms with Crippen LogP contribution in [-0.4, -0.2) is 28.4 Å². The third kappa shape index (κ3) is 3.34. The van der Waals surface area contributed by atoms with Crippen LogP contribution in [0.1, 0.15) is 50.7 Å². The van der Waals surface area contributed by atoms with Gasteiger partial charge in [0, 0.05) is 13.5 Å². The first-order valence-electron chi connectivity index (χ1n) is 6.46. The second-order valence-electron chi connectivity index (χ2n) is 4.34. The van der Waals surface area contributed by atoms with Crippen LogP contribution < -0.4 is 0 Å². The molecule has 2 aromatic rings. The van der Waals surface area contributed by atoms with Crippen LogP contribution in [0.25, 0.3) is 0 Å². The maximum absolute atomic E-state index is 11.6. The molecular weight excluding hydrogens is 290 g/mol. The number of carboxylic acid groups (broad SMARTS) is 1. The average molecular weight is 305 g/mol. The van der Waals surface area contributed by atoms with Crippen molar-refractivity contribution in [3.05, 3.63) is 51.5 Å². The summed E-state index contributed by atoms with van der Waals surface area (Å²) in [6, 6.07) is 9.40. The van der Waals surface area contributed by atoms with Gasteiger partial charge in [0.15, 0.2) is 11.5 Å². The molecule has 2 rings (SSSR count). The van der Waals surface area contributed by atoms with Gasteiger partial charge in [-0.3, -0.25) is 4.79 Å². The van der Waals surface area contributed by atoms with Crippen molar-refractivity contribution in [2.24, 2.45) is 0 Å². The molecule has 110 valence electrons. The van der Waals surface area contributed by atoms with Crippen LogP contribution in [0.3, 0.4) is 0 Å². The fourth-order valence-corrected chi connectivity index (χ4v) is 2.97. The van der Waals surface area contributed by atoms with Crippen LogP contribution in [0.15, 0.2) is 30.3 Å². The number of hydrogen-bond acceptors (Lipinski definition) is 5. The first kappa shape index (κ1) is 15.3. The number of thiazole rings is 1. The number of Topliss-reactive ketones (excluding diaryl/α,β-unsaturated/α-hetero) is 1. The highest BCUT2D eigenvalue weighted by Crippen LogP contribution is 2.31. The van der Waals surface area contributed by atoms with Crippen molar-refractivity contribution in [3.8, 4) is 0 Å². The van der Waals surface area contributed by atoms with E-state index in [1.165, 1.54) is 6.92 Å². The van der Waals surface area contributed by atoms with Gasteiger partial charge in [0.1, 0.15) is 16.0 Å². The summed E-state index contributed by atoms with van der Waals surface area (Å²) in [7, 11) is 0. The summed E-state index contributed by atoms with van der Waals surface area (Å²) in [5, 5.41) is 9.64. The van der Waals surface area contributed by atoms with E-state index >= 15 is 0 Å². The van der Waals surface area contributed by atoms with E-state index in [0.29, 0.717) is 11.6 Å². The van der Waals surface area contributed by atoms with Crippen molar-refractivity contribution in [2.75, 3.05) is 6.61 Å². The fourth-order valence-electron chi connectivity index (χ4n) is 1.94. The van der Waals surface area contributed by atoms with Gasteiger partial charge in [-0.25, -0.2) is 9.78 Å². The molecule has 0 aliphatic carbocycles. The highest BCUT2D eigenvalue weighted by atomic mass is 32.1. The molecule has 0 amide bonds. The zero-order valence-electron chi connectivity index (χ0n) is 11.7. The standard InChI is InChI=1S/C15H15NO4S/c1-3-20-12(10-7-5-4-6-8-10)14-16-11(15(18)19)13(21-14)9(2)17/h4-8,12H,3H2,1-2H3,(H,18,19). The molecule has 0 spiro atoms. The van der Waals surface area contributed by atoms with E-state index in [1.54, 1.807) is 0 Å². The largest absolute Gasteiger partial charge is 0.476 e. The van der Waals surface area contributed by atoms with E-state index in [1.807, 2.05) is 37.3 Å². The topological polar surface area (TPSA) is 76.5 Å². The van der Waals surface area contributed by atoms with Crippen LogP contribution in [0, 0.1) is 0 Å². The number of ether oxygens (including phenoxy) is 1. The summed E-state index contributed by atoms with van der Waals surface area (Å²) in [6.07, 6.45) is -0.465. The molecular formula is C15H15NO4S. The van der Waals surface area contributed by atoms with E-state index in [4.69, 9.17) is 9.84 Å². The second-order valence-corrected chi connectivity index (χ2v) is 5.37. The minimum Gasteiger partial charge on any atom is -0.476 e. The molecule has 1 N–H and O–H groups in total. The molecule has 5 nitrogen and oxygen atoms in total. The summed E-state index contributed by atoms with van der Waals surface area (Å²) in [6.45, 7) is 3.65. The molecule has 0 saturated heterocycles. The molecule has 0 aliphatic heterocycles. The first-order valence-corrected chi connectivity index (χ1v) is 7.27. The Hall–Kier alpha value is -2.05. The quantitative estimate of drug-likeness (QED) is 0.829. The molecule has 1 atom stereocenters. The third-order valence-corrected chi connectivity index (χ3v) is 4.03. The predicted octanol–water partition coefficient (Wildman–Crippen LogP) is 3.17. The van der Waals surface area contributed by atoms with Gasteiger partial charge in [-0.05, 0) is 12.5 Å². The van der Waals surface area contributed by atoms with Crippen molar-refractivity contribution in [1.29, 1.82) is 0 Å². The monoisotopic (exact) mass is 305 g/mol. The van der Waals surface area contributed by atoms with Crippen LogP contribution in [0.4, 0.5) is 0 Å². The molecule has 6 heteroatoms. The minimum absolute atomic E-state index is 0.151. The molecule has 1 heterocycles. The van der Waals surface area contributed by atoms with E-state index in [-0.39, 0.29) is 16.4 Å². The van der Waals surface area contributed by atoms with Crippen LogP contribution in [0.5, 0.6) is 0 Å². The number of nitrogens with zero attached hydrogens (tertiary/aromatic N) is 1. The van der Waals surface area contributed by atoms with E-state index in [9.17, 15) is 9.59 Å². The molecule has 1 aromatic heterocycles. The highest BCUT2D eigenvalue weighted by Gasteiger charge is 2.25. The number of carbonyl (C=O) groups is 2. The van der Waals surface area contributed by atoms with Crippen molar-refractivity contribution < 1.29 is 19.4 Å². The summed E-state index contributed by atoms with van der Waals surface area (Å²) >= 11 is 1.07. The molecule has 0 aliphatic rings. The Labute approximate surface area is 126 Å². The normalized spacial score (nSPS) is 12.1. The molecule has 1 unspecified atom stereocenters. The Kier molecular flexibility index (Phi) is 4.82. The molecule has 0 radical (unpaired) electrons. The van der Waals surface area contributed by atoms with Gasteiger partial charge in [0.2, 0.25) is 0 Å². The maximum atomic E-state index is 11.6. The summed E-state index contributed by atoms with van der Waals surface area (Å²) in [5.41, 5.74) is 0.670. The number of aromatic carboxylic acids is 1. The van der Waals surface area contributed by atoms with Gasteiger partial charge in [0.25, 0.3) is 0 Å². The van der Waals surface area contributed by atoms with Gasteiger partial charge in [-0.1, -0.05) is 30.3 Å². The first-order chi connectivity index (χ1) is 10.0. The number of rotatable bonds is 6. The van der Waals surface area contributed by atoms with Crippen molar-refractivity contribution >= 4 is 23.1 Å². The fraction of sp³-hybridized carbons (Fsp3) is 0.267. The zero-order chi connectivity index (χ0) is 15.4. The van der Waals surface area contributed by atoms with E-state index in [0.717, 1.165) is 16.9 Å². The van der Waals surface area contributed by atoms with Crippen molar-refractivity contribution in [1.82, 2.24) is 4.98 Å². The smallest absolute Gasteiger partial charge is 0.356 e. The number of aromatic nitrogens is 1. The van der Waals surface area contributed by atoms with Crippen LogP contribution >= 0.6 is 11.3 Å². The lowest BCUT2D eigenvalue weighted by atomic mass is 10.1. The number of benzene rings is 1. The number of carboxylic acids is 1. The number of ketones is 1. The third-order valence-electron chi connectivity index (χ3n) is 2.83. The van der Waals surface area contributed by atoms with Crippen LogP contribution in [-0.2, 0) is 4.74 Å². The predicted molar refractivity (Wildman–Crippen MR) is 79.0 cm³/mol. The second kappa shape index (κ2) is 6.60. The summed E-state index contributed by atoms with van der Waals surface area (Å²) in [5.74, 6) is -1.51. The van der Waals surface area contributed by atoms with Crippen molar-refractivity contribution in [3.63, 3.8) is 0 Å². The Morgan fingerprint density at radius 1 is 1.33 bits per heavy atom. The van der Waals surface area contributed by atoms with Crippen LogP contribution in [0.2, 0.25) is 0 Å². The Balaban J connectivity index is 2.49. The lowest BCUT2D eigenvalue weighted by molar-refractivity contribution is 0.0684. The van der Waals surface area contributed by atoms with E-state index in [2.05, 4.69) is 4.98 Å². The summed E-state index contributed by atoms with van der Waals surface area (Å²) in [4.78, 5) is 27.0. The van der Waals surface area contributed by atoms with Gasteiger partial charge in [-0.15, -0.1) is 11.3 Å². The van der Waals surface area contributed by atoms with Gasteiger partial charge in [-0.2, -0.15) is 0 Å². The Morgan fingerprint density at radius 2 is 2.00 bits per heavy atom. The molecule has 0 fully saturated rings. The number of carbonyl (C=O) groups excluding carboxylic acids is 1. The Bertz CT molecular complexity index is 619. The van der Waals surface area contributed by atoms with Gasteiger partial charge >= 0.3 is 5.97 Å². The molecule has 1 aromatic carbocycles. The number of hydrogen-bond donors (Lipinski definition) is 1. The lowest BCUT2D eigenvalue weighted by Gasteiger charge is -2.14. The Morgan fingerprint density at radius 3 is 2.48 bits per heavy atom. The van der Waals surface area contributed by atoms with Crippen molar-refractivity contribution in [2.45, 2.75) is 20.0 Å². The summed E-state index contributed by atoms with van der Waals surface area (Å²) < 4.78 is 5.69. The molecule has 21 heavy (non-hydrogen) atoms. The lowest BCUT2D eigenvalue weighted by Crippen LogP contribution is -2.07. The van der Waals surface area contributed by atoms with E-state index < -0.39 is 12.1 Å². The SMILES string of the molecule is CCOC(c1ccccc1)c1nc(C(=O)O)c(C(C)=O)s1. The highest BCUT2D eigenvalue weighted by molar-refractivity contribution is 7.14. The minimum atomic E-state index is -1.20.